The van der Waals surface area contributed by atoms with Gasteiger partial charge in [0.2, 0.25) is 0 Å². The number of hydrogen-bond acceptors (Lipinski definition) is 6. The van der Waals surface area contributed by atoms with Crippen molar-refractivity contribution in [3.05, 3.63) is 52.0 Å². The number of phenols is 1. The predicted octanol–water partition coefficient (Wildman–Crippen LogP) is 3.55. The average Bonchev–Trinajstić information content (AvgIpc) is 2.91. The minimum atomic E-state index is -0.770. The van der Waals surface area contributed by atoms with E-state index in [4.69, 9.17) is 25.8 Å². The lowest BCUT2D eigenvalue weighted by molar-refractivity contribution is 0.0365. The van der Waals surface area contributed by atoms with Gasteiger partial charge in [0.25, 0.3) is 0 Å². The third-order valence-electron chi connectivity index (χ3n) is 4.01. The van der Waals surface area contributed by atoms with Crippen molar-refractivity contribution in [1.29, 1.82) is 0 Å². The molecule has 3 rings (SSSR count). The van der Waals surface area contributed by atoms with E-state index in [1.54, 1.807) is 12.1 Å². The molecule has 0 aliphatic carbocycles. The Bertz CT molecular complexity index is 861. The molecule has 1 aliphatic rings. The molecule has 0 bridgehead atoms. The molecule has 1 unspecified atom stereocenters. The number of aromatic hydroxyl groups is 1. The van der Waals surface area contributed by atoms with E-state index in [1.807, 2.05) is 0 Å². The summed E-state index contributed by atoms with van der Waals surface area (Å²) < 4.78 is 15.8. The molecule has 2 aromatic rings. The van der Waals surface area contributed by atoms with Crippen LogP contribution in [0.25, 0.3) is 0 Å². The molecule has 0 spiro atoms. The largest absolute Gasteiger partial charge is 0.507 e. The number of benzene rings is 2. The molecule has 1 heterocycles. The molecule has 1 atom stereocenters. The number of hydrogen-bond donors (Lipinski definition) is 1. The zero-order chi connectivity index (χ0) is 18.1. The summed E-state index contributed by atoms with van der Waals surface area (Å²) in [7, 11) is 2.89. The normalized spacial score (nSPS) is 15.5. The summed E-state index contributed by atoms with van der Waals surface area (Å²) in [5.74, 6) is -0.478. The van der Waals surface area contributed by atoms with E-state index in [0.29, 0.717) is 16.3 Å². The molecule has 130 valence electrons. The number of Topliss-reactive ketones (excluding diaryl/α,β-unsaturated/α-hetero) is 1. The first-order valence-electron chi connectivity index (χ1n) is 7.43. The minimum absolute atomic E-state index is 0.0810. The monoisotopic (exact) mass is 362 g/mol. The van der Waals surface area contributed by atoms with Crippen LogP contribution in [0.1, 0.15) is 38.8 Å². The van der Waals surface area contributed by atoms with E-state index in [-0.39, 0.29) is 34.8 Å². The van der Waals surface area contributed by atoms with Gasteiger partial charge in [0.05, 0.1) is 26.2 Å². The molecule has 0 radical (unpaired) electrons. The molecule has 0 fully saturated rings. The van der Waals surface area contributed by atoms with Gasteiger partial charge in [-0.25, -0.2) is 4.79 Å². The maximum atomic E-state index is 12.5. The van der Waals surface area contributed by atoms with Crippen molar-refractivity contribution < 1.29 is 28.9 Å². The molecular formula is C18H15ClO6. The highest BCUT2D eigenvalue weighted by Crippen LogP contribution is 2.43. The van der Waals surface area contributed by atoms with Crippen molar-refractivity contribution in [2.24, 2.45) is 0 Å². The fourth-order valence-corrected chi connectivity index (χ4v) is 3.01. The van der Waals surface area contributed by atoms with Gasteiger partial charge in [-0.15, -0.1) is 0 Å². The number of rotatable bonds is 5. The molecule has 25 heavy (non-hydrogen) atoms. The Morgan fingerprint density at radius 2 is 2.00 bits per heavy atom. The Morgan fingerprint density at radius 1 is 1.24 bits per heavy atom. The molecular weight excluding hydrogens is 348 g/mol. The highest BCUT2D eigenvalue weighted by molar-refractivity contribution is 6.31. The molecule has 0 saturated carbocycles. The van der Waals surface area contributed by atoms with Crippen LogP contribution in [0.15, 0.2) is 30.3 Å². The minimum Gasteiger partial charge on any atom is -0.507 e. The Hall–Kier alpha value is -2.73. The van der Waals surface area contributed by atoms with Crippen LogP contribution in [0.2, 0.25) is 5.02 Å². The van der Waals surface area contributed by atoms with Crippen molar-refractivity contribution >= 4 is 23.4 Å². The number of carbonyl (C=O) groups excluding carboxylic acids is 2. The lowest BCUT2D eigenvalue weighted by atomic mass is 9.97. The van der Waals surface area contributed by atoms with Gasteiger partial charge in [-0.2, -0.15) is 0 Å². The first-order valence-corrected chi connectivity index (χ1v) is 7.81. The van der Waals surface area contributed by atoms with E-state index in [1.165, 1.54) is 32.4 Å². The summed E-state index contributed by atoms with van der Waals surface area (Å²) >= 11 is 5.88. The summed E-state index contributed by atoms with van der Waals surface area (Å²) in [4.78, 5) is 24.7. The third kappa shape index (κ3) is 3.00. The maximum absolute atomic E-state index is 12.5. The van der Waals surface area contributed by atoms with Gasteiger partial charge in [0.1, 0.15) is 17.4 Å². The van der Waals surface area contributed by atoms with Gasteiger partial charge in [0, 0.05) is 10.6 Å². The predicted molar refractivity (Wildman–Crippen MR) is 89.8 cm³/mol. The van der Waals surface area contributed by atoms with Crippen molar-refractivity contribution in [2.45, 2.75) is 12.5 Å². The van der Waals surface area contributed by atoms with Crippen LogP contribution in [0.5, 0.6) is 17.2 Å². The van der Waals surface area contributed by atoms with Gasteiger partial charge in [-0.3, -0.25) is 4.79 Å². The van der Waals surface area contributed by atoms with Crippen molar-refractivity contribution in [3.8, 4) is 17.2 Å². The van der Waals surface area contributed by atoms with E-state index in [9.17, 15) is 14.7 Å². The molecule has 1 aliphatic heterocycles. The van der Waals surface area contributed by atoms with Crippen LogP contribution >= 0.6 is 11.6 Å². The second kappa shape index (κ2) is 6.64. The van der Waals surface area contributed by atoms with Gasteiger partial charge in [-0.05, 0) is 24.3 Å². The summed E-state index contributed by atoms with van der Waals surface area (Å²) in [6, 6.07) is 7.52. The number of cyclic esters (lactones) is 1. The second-order valence-electron chi connectivity index (χ2n) is 5.45. The van der Waals surface area contributed by atoms with Gasteiger partial charge < -0.3 is 19.3 Å². The van der Waals surface area contributed by atoms with E-state index in [2.05, 4.69) is 0 Å². The zero-order valence-corrected chi connectivity index (χ0v) is 14.3. The van der Waals surface area contributed by atoms with E-state index >= 15 is 0 Å². The summed E-state index contributed by atoms with van der Waals surface area (Å²) in [6.07, 6.45) is -0.893. The molecule has 7 heteroatoms. The maximum Gasteiger partial charge on any atom is 0.343 e. The van der Waals surface area contributed by atoms with E-state index < -0.39 is 12.1 Å². The molecule has 0 aromatic heterocycles. The number of halogens is 1. The SMILES string of the molecule is COc1ccc2c(c1OC)C(=O)OC2CC(=O)c1cc(Cl)ccc1O. The number of carbonyl (C=O) groups is 2. The van der Waals surface area contributed by atoms with Gasteiger partial charge in [-0.1, -0.05) is 17.7 Å². The highest BCUT2D eigenvalue weighted by atomic mass is 35.5. The molecule has 0 saturated heterocycles. The van der Waals surface area contributed by atoms with Crippen LogP contribution < -0.4 is 9.47 Å². The first-order chi connectivity index (χ1) is 12.0. The average molecular weight is 363 g/mol. The Kier molecular flexibility index (Phi) is 4.55. The standard InChI is InChI=1S/C18H15ClO6/c1-23-14-6-4-10-15(25-18(22)16(10)17(14)24-2)8-13(21)11-7-9(19)3-5-12(11)20/h3-7,15,20H,8H2,1-2H3. The summed E-state index contributed by atoms with van der Waals surface area (Å²) in [6.45, 7) is 0. The lowest BCUT2D eigenvalue weighted by Gasteiger charge is -2.12. The quantitative estimate of drug-likeness (QED) is 0.647. The second-order valence-corrected chi connectivity index (χ2v) is 5.88. The van der Waals surface area contributed by atoms with E-state index in [0.717, 1.165) is 0 Å². The van der Waals surface area contributed by atoms with Crippen LogP contribution in [0.3, 0.4) is 0 Å². The number of fused-ring (bicyclic) bond motifs is 1. The molecule has 6 nitrogen and oxygen atoms in total. The molecule has 2 aromatic carbocycles. The Labute approximate surface area is 148 Å². The van der Waals surface area contributed by atoms with Gasteiger partial charge in [0.15, 0.2) is 17.3 Å². The fourth-order valence-electron chi connectivity index (χ4n) is 2.83. The number of phenolic OH excluding ortho intramolecular Hbond substituents is 1. The number of esters is 1. The van der Waals surface area contributed by atoms with Crippen molar-refractivity contribution in [1.82, 2.24) is 0 Å². The number of ketones is 1. The van der Waals surface area contributed by atoms with Crippen LogP contribution in [-0.2, 0) is 4.74 Å². The summed E-state index contributed by atoms with van der Waals surface area (Å²) in [5.41, 5.74) is 0.866. The first kappa shape index (κ1) is 17.1. The molecule has 0 amide bonds. The van der Waals surface area contributed by atoms with Crippen molar-refractivity contribution in [2.75, 3.05) is 14.2 Å². The molecule has 1 N–H and O–H groups in total. The zero-order valence-electron chi connectivity index (χ0n) is 13.5. The summed E-state index contributed by atoms with van der Waals surface area (Å²) in [5, 5.41) is 10.2. The third-order valence-corrected chi connectivity index (χ3v) is 4.24. The Balaban J connectivity index is 1.93. The Morgan fingerprint density at radius 3 is 2.68 bits per heavy atom. The highest BCUT2D eigenvalue weighted by Gasteiger charge is 2.37. The van der Waals surface area contributed by atoms with Crippen LogP contribution in [-0.4, -0.2) is 31.1 Å². The smallest absolute Gasteiger partial charge is 0.343 e. The number of methoxy groups -OCH3 is 2. The van der Waals surface area contributed by atoms with Crippen LogP contribution in [0, 0.1) is 0 Å². The fraction of sp³-hybridized carbons (Fsp3) is 0.222. The van der Waals surface area contributed by atoms with Gasteiger partial charge >= 0.3 is 5.97 Å². The number of ether oxygens (including phenoxy) is 3. The van der Waals surface area contributed by atoms with Crippen LogP contribution in [0.4, 0.5) is 0 Å². The topological polar surface area (TPSA) is 82.1 Å². The van der Waals surface area contributed by atoms with Crippen molar-refractivity contribution in [3.63, 3.8) is 0 Å². The lowest BCUT2D eigenvalue weighted by Crippen LogP contribution is -2.08.